The number of nitrogens with zero attached hydrogens (tertiary/aromatic N) is 2. The maximum atomic E-state index is 12.2. The summed E-state index contributed by atoms with van der Waals surface area (Å²) in [5.74, 6) is -0.799. The van der Waals surface area contributed by atoms with Crippen molar-refractivity contribution in [1.29, 1.82) is 0 Å². The first-order valence-electron chi connectivity index (χ1n) is 7.84. The number of ether oxygens (including phenoxy) is 1. The van der Waals surface area contributed by atoms with Gasteiger partial charge in [0.05, 0.1) is 23.5 Å². The first-order chi connectivity index (χ1) is 11.3. The van der Waals surface area contributed by atoms with E-state index in [1.807, 2.05) is 52.1 Å². The van der Waals surface area contributed by atoms with Crippen molar-refractivity contribution in [2.24, 2.45) is 7.05 Å². The Morgan fingerprint density at radius 2 is 1.83 bits per heavy atom. The topological polar surface area (TPSA) is 73.2 Å². The average molecular weight is 329 g/mol. The number of rotatable bonds is 5. The van der Waals surface area contributed by atoms with Crippen molar-refractivity contribution in [3.63, 3.8) is 0 Å². The van der Waals surface area contributed by atoms with Crippen LogP contribution in [-0.4, -0.2) is 27.8 Å². The van der Waals surface area contributed by atoms with Crippen molar-refractivity contribution < 1.29 is 14.3 Å². The van der Waals surface area contributed by atoms with Crippen LogP contribution in [0, 0.1) is 20.8 Å². The molecule has 2 rings (SSSR count). The van der Waals surface area contributed by atoms with Gasteiger partial charge >= 0.3 is 5.97 Å². The van der Waals surface area contributed by atoms with Gasteiger partial charge in [0.2, 0.25) is 0 Å². The van der Waals surface area contributed by atoms with Gasteiger partial charge in [-0.2, -0.15) is 5.10 Å². The Bertz CT molecular complexity index is 748. The maximum Gasteiger partial charge on any atom is 0.311 e. The zero-order valence-electron chi connectivity index (χ0n) is 14.7. The highest BCUT2D eigenvalue weighted by Gasteiger charge is 2.20. The normalized spacial score (nSPS) is 11.9. The monoisotopic (exact) mass is 329 g/mol. The van der Waals surface area contributed by atoms with Gasteiger partial charge < -0.3 is 10.1 Å². The summed E-state index contributed by atoms with van der Waals surface area (Å²) >= 11 is 0. The number of aryl methyl sites for hydroxylation is 3. The minimum absolute atomic E-state index is 0.142. The molecule has 6 nitrogen and oxygen atoms in total. The lowest BCUT2D eigenvalue weighted by molar-refractivity contribution is -0.152. The van der Waals surface area contributed by atoms with Crippen molar-refractivity contribution in [2.45, 2.75) is 40.2 Å². The van der Waals surface area contributed by atoms with Crippen LogP contribution in [0.4, 0.5) is 5.69 Å². The van der Waals surface area contributed by atoms with Gasteiger partial charge in [0.25, 0.3) is 5.91 Å². The van der Waals surface area contributed by atoms with Crippen LogP contribution in [0.5, 0.6) is 0 Å². The number of aromatic nitrogens is 2. The van der Waals surface area contributed by atoms with E-state index in [1.54, 1.807) is 11.6 Å². The Balaban J connectivity index is 1.93. The summed E-state index contributed by atoms with van der Waals surface area (Å²) in [6.45, 7) is 7.22. The van der Waals surface area contributed by atoms with Crippen LogP contribution in [0.3, 0.4) is 0 Å². The van der Waals surface area contributed by atoms with Crippen LogP contribution in [0.1, 0.15) is 29.4 Å². The molecule has 1 heterocycles. The molecule has 1 amide bonds. The number of carbonyl (C=O) groups is 2. The summed E-state index contributed by atoms with van der Waals surface area (Å²) in [4.78, 5) is 24.2. The van der Waals surface area contributed by atoms with E-state index in [1.165, 1.54) is 0 Å². The van der Waals surface area contributed by atoms with Gasteiger partial charge in [0.15, 0.2) is 6.10 Å². The fourth-order valence-electron chi connectivity index (χ4n) is 2.34. The molecular formula is C18H23N3O3. The number of amides is 1. The van der Waals surface area contributed by atoms with Gasteiger partial charge in [-0.25, -0.2) is 0 Å². The molecule has 6 heteroatoms. The summed E-state index contributed by atoms with van der Waals surface area (Å²) < 4.78 is 6.92. The van der Waals surface area contributed by atoms with Gasteiger partial charge in [-0.3, -0.25) is 14.3 Å². The van der Waals surface area contributed by atoms with Crippen LogP contribution in [0.15, 0.2) is 24.3 Å². The second-order valence-electron chi connectivity index (χ2n) is 5.95. The van der Waals surface area contributed by atoms with Gasteiger partial charge in [-0.15, -0.1) is 0 Å². The molecule has 0 unspecified atom stereocenters. The van der Waals surface area contributed by atoms with E-state index < -0.39 is 12.1 Å². The Morgan fingerprint density at radius 1 is 1.21 bits per heavy atom. The molecule has 0 spiro atoms. The minimum Gasteiger partial charge on any atom is -0.452 e. The molecule has 24 heavy (non-hydrogen) atoms. The van der Waals surface area contributed by atoms with Crippen LogP contribution < -0.4 is 5.32 Å². The van der Waals surface area contributed by atoms with Gasteiger partial charge in [-0.1, -0.05) is 29.8 Å². The quantitative estimate of drug-likeness (QED) is 0.855. The van der Waals surface area contributed by atoms with E-state index in [9.17, 15) is 9.59 Å². The van der Waals surface area contributed by atoms with Crippen LogP contribution in [0.25, 0.3) is 0 Å². The SMILES string of the molecule is Cc1ccc(CC(=O)O[C@@H](C)C(=O)Nc2c(C)nn(C)c2C)cc1. The highest BCUT2D eigenvalue weighted by molar-refractivity contribution is 5.96. The summed E-state index contributed by atoms with van der Waals surface area (Å²) in [7, 11) is 1.81. The van der Waals surface area contributed by atoms with E-state index in [4.69, 9.17) is 4.74 Å². The van der Waals surface area contributed by atoms with Gasteiger partial charge in [0.1, 0.15) is 0 Å². The Kier molecular flexibility index (Phi) is 5.39. The molecule has 0 saturated carbocycles. The van der Waals surface area contributed by atoms with Crippen LogP contribution >= 0.6 is 0 Å². The van der Waals surface area contributed by atoms with Crippen molar-refractivity contribution >= 4 is 17.6 Å². The molecule has 2 aromatic rings. The number of benzene rings is 1. The highest BCUT2D eigenvalue weighted by Crippen LogP contribution is 2.18. The second-order valence-corrected chi connectivity index (χ2v) is 5.95. The molecule has 0 fully saturated rings. The summed E-state index contributed by atoms with van der Waals surface area (Å²) in [6.07, 6.45) is -0.731. The zero-order chi connectivity index (χ0) is 17.9. The van der Waals surface area contributed by atoms with Crippen molar-refractivity contribution in [1.82, 2.24) is 9.78 Å². The Hall–Kier alpha value is -2.63. The number of esters is 1. The predicted octanol–water partition coefficient (Wildman–Crippen LogP) is 2.46. The summed E-state index contributed by atoms with van der Waals surface area (Å²) in [6, 6.07) is 7.63. The van der Waals surface area contributed by atoms with Crippen LogP contribution in [-0.2, 0) is 27.8 Å². The van der Waals surface area contributed by atoms with E-state index in [0.29, 0.717) is 5.69 Å². The third-order valence-corrected chi connectivity index (χ3v) is 3.90. The lowest BCUT2D eigenvalue weighted by Crippen LogP contribution is -2.30. The molecule has 1 atom stereocenters. The highest BCUT2D eigenvalue weighted by atomic mass is 16.5. The number of hydrogen-bond acceptors (Lipinski definition) is 4. The van der Waals surface area contributed by atoms with Gasteiger partial charge in [-0.05, 0) is 33.3 Å². The molecule has 0 bridgehead atoms. The molecule has 128 valence electrons. The molecule has 0 saturated heterocycles. The van der Waals surface area contributed by atoms with E-state index in [-0.39, 0.29) is 12.3 Å². The fraction of sp³-hybridized carbons (Fsp3) is 0.389. The predicted molar refractivity (Wildman–Crippen MR) is 91.7 cm³/mol. The van der Waals surface area contributed by atoms with E-state index in [0.717, 1.165) is 22.5 Å². The lowest BCUT2D eigenvalue weighted by Gasteiger charge is -2.14. The first kappa shape index (κ1) is 17.7. The molecule has 1 N–H and O–H groups in total. The molecule has 0 radical (unpaired) electrons. The average Bonchev–Trinajstić information content (AvgIpc) is 2.75. The number of nitrogens with one attached hydrogen (secondary N) is 1. The fourth-order valence-corrected chi connectivity index (χ4v) is 2.34. The summed E-state index contributed by atoms with van der Waals surface area (Å²) in [5, 5.41) is 7.02. The standard InChI is InChI=1S/C18H23N3O3/c1-11-6-8-15(9-7-11)10-16(22)24-14(4)18(23)19-17-12(2)20-21(5)13(17)3/h6-9,14H,10H2,1-5H3,(H,19,23)/t14-/m0/s1. The number of anilines is 1. The summed E-state index contributed by atoms with van der Waals surface area (Å²) in [5.41, 5.74) is 4.21. The van der Waals surface area contributed by atoms with E-state index in [2.05, 4.69) is 10.4 Å². The zero-order valence-corrected chi connectivity index (χ0v) is 14.7. The van der Waals surface area contributed by atoms with Crippen molar-refractivity contribution in [2.75, 3.05) is 5.32 Å². The molecule has 0 aliphatic carbocycles. The van der Waals surface area contributed by atoms with Crippen molar-refractivity contribution in [3.05, 3.63) is 46.8 Å². The largest absolute Gasteiger partial charge is 0.452 e. The Labute approximate surface area is 141 Å². The van der Waals surface area contributed by atoms with Crippen molar-refractivity contribution in [3.8, 4) is 0 Å². The molecule has 0 aliphatic rings. The molecule has 1 aromatic carbocycles. The minimum atomic E-state index is -0.873. The first-order valence-corrected chi connectivity index (χ1v) is 7.84. The third-order valence-electron chi connectivity index (χ3n) is 3.90. The lowest BCUT2D eigenvalue weighted by atomic mass is 10.1. The molecule has 1 aromatic heterocycles. The third kappa shape index (κ3) is 4.22. The number of hydrogen-bond donors (Lipinski definition) is 1. The second kappa shape index (κ2) is 7.29. The molecular weight excluding hydrogens is 306 g/mol. The Morgan fingerprint density at radius 3 is 2.38 bits per heavy atom. The van der Waals surface area contributed by atoms with E-state index >= 15 is 0 Å². The smallest absolute Gasteiger partial charge is 0.311 e. The van der Waals surface area contributed by atoms with Gasteiger partial charge in [0, 0.05) is 7.05 Å². The number of carbonyl (C=O) groups excluding carboxylic acids is 2. The van der Waals surface area contributed by atoms with Crippen LogP contribution in [0.2, 0.25) is 0 Å². The molecule has 0 aliphatic heterocycles. The maximum absolute atomic E-state index is 12.2.